The lowest BCUT2D eigenvalue weighted by Crippen LogP contribution is -1.91. The molecule has 5 heteroatoms. The number of para-hydroxylation sites is 1. The molecule has 0 saturated heterocycles. The molecule has 2 heterocycles. The molecular formula is C16H16N2OS2. The lowest BCUT2D eigenvalue weighted by molar-refractivity contribution is 0.411. The number of nitrogens with zero attached hydrogens (tertiary/aromatic N) is 2. The molecule has 3 aromatic rings. The highest BCUT2D eigenvalue weighted by molar-refractivity contribution is 7.98. The first-order chi connectivity index (χ1) is 10.2. The second-order valence-corrected chi connectivity index (χ2v) is 6.91. The second-order valence-electron chi connectivity index (χ2n) is 4.74. The Balaban J connectivity index is 1.92. The molecule has 0 spiro atoms. The molecule has 0 unspecified atom stereocenters. The highest BCUT2D eigenvalue weighted by atomic mass is 32.2. The van der Waals surface area contributed by atoms with Crippen molar-refractivity contribution in [3.63, 3.8) is 0 Å². The number of ether oxygens (including phenoxy) is 1. The number of fused-ring (bicyclic) bond motifs is 1. The standard InChI is InChI=1S/C16H16N2OS2/c1-10-11(2)21-16-14(10)15(17-9-18-16)20-8-12-6-4-5-7-13(12)19-3/h4-7,9H,8H2,1-3H3. The quantitative estimate of drug-likeness (QED) is 0.520. The van der Waals surface area contributed by atoms with Gasteiger partial charge in [0.15, 0.2) is 0 Å². The van der Waals surface area contributed by atoms with Crippen LogP contribution in [0.15, 0.2) is 35.6 Å². The zero-order chi connectivity index (χ0) is 14.8. The smallest absolute Gasteiger partial charge is 0.128 e. The van der Waals surface area contributed by atoms with E-state index in [0.29, 0.717) is 0 Å². The Bertz CT molecular complexity index is 783. The van der Waals surface area contributed by atoms with Crippen LogP contribution in [0, 0.1) is 13.8 Å². The Hall–Kier alpha value is -1.59. The average Bonchev–Trinajstić information content (AvgIpc) is 2.81. The molecule has 3 nitrogen and oxygen atoms in total. The Kier molecular flexibility index (Phi) is 4.12. The van der Waals surface area contributed by atoms with Crippen molar-refractivity contribution in [1.29, 1.82) is 0 Å². The van der Waals surface area contributed by atoms with Gasteiger partial charge in [0.05, 0.1) is 7.11 Å². The number of hydrogen-bond acceptors (Lipinski definition) is 5. The molecule has 2 aromatic heterocycles. The first-order valence-electron chi connectivity index (χ1n) is 6.66. The number of thiophene rings is 1. The number of rotatable bonds is 4. The normalized spacial score (nSPS) is 11.0. The fourth-order valence-electron chi connectivity index (χ4n) is 2.23. The van der Waals surface area contributed by atoms with Crippen LogP contribution in [0.4, 0.5) is 0 Å². The fraction of sp³-hybridized carbons (Fsp3) is 0.250. The van der Waals surface area contributed by atoms with Crippen LogP contribution in [0.2, 0.25) is 0 Å². The molecular weight excluding hydrogens is 300 g/mol. The van der Waals surface area contributed by atoms with Gasteiger partial charge >= 0.3 is 0 Å². The first-order valence-corrected chi connectivity index (χ1v) is 8.46. The topological polar surface area (TPSA) is 35.0 Å². The van der Waals surface area contributed by atoms with E-state index >= 15 is 0 Å². The molecule has 0 aliphatic carbocycles. The van der Waals surface area contributed by atoms with Gasteiger partial charge in [0.25, 0.3) is 0 Å². The molecule has 108 valence electrons. The van der Waals surface area contributed by atoms with Crippen LogP contribution in [0.1, 0.15) is 16.0 Å². The molecule has 0 atom stereocenters. The van der Waals surface area contributed by atoms with E-state index in [1.165, 1.54) is 21.4 Å². The van der Waals surface area contributed by atoms with Crippen LogP contribution in [0.5, 0.6) is 5.75 Å². The lowest BCUT2D eigenvalue weighted by atomic mass is 10.2. The molecule has 0 fully saturated rings. The summed E-state index contributed by atoms with van der Waals surface area (Å²) < 4.78 is 5.41. The number of aromatic nitrogens is 2. The molecule has 0 bridgehead atoms. The van der Waals surface area contributed by atoms with Crippen LogP contribution >= 0.6 is 23.1 Å². The predicted molar refractivity (Wildman–Crippen MR) is 89.4 cm³/mol. The van der Waals surface area contributed by atoms with Crippen LogP contribution in [0.3, 0.4) is 0 Å². The van der Waals surface area contributed by atoms with E-state index in [1.807, 2.05) is 18.2 Å². The molecule has 3 rings (SSSR count). The minimum atomic E-state index is 0.838. The molecule has 21 heavy (non-hydrogen) atoms. The Morgan fingerprint density at radius 2 is 2.00 bits per heavy atom. The molecule has 0 saturated carbocycles. The summed E-state index contributed by atoms with van der Waals surface area (Å²) in [5.74, 6) is 1.76. The van der Waals surface area contributed by atoms with Crippen molar-refractivity contribution in [2.75, 3.05) is 7.11 Å². The minimum absolute atomic E-state index is 0.838. The Morgan fingerprint density at radius 1 is 1.19 bits per heavy atom. The minimum Gasteiger partial charge on any atom is -0.496 e. The van der Waals surface area contributed by atoms with Gasteiger partial charge in [-0.05, 0) is 25.5 Å². The van der Waals surface area contributed by atoms with Gasteiger partial charge in [-0.3, -0.25) is 0 Å². The average molecular weight is 316 g/mol. The highest BCUT2D eigenvalue weighted by Crippen LogP contribution is 2.36. The molecule has 0 radical (unpaired) electrons. The fourth-order valence-corrected chi connectivity index (χ4v) is 4.34. The van der Waals surface area contributed by atoms with Gasteiger partial charge in [0, 0.05) is 21.6 Å². The summed E-state index contributed by atoms with van der Waals surface area (Å²) in [5.41, 5.74) is 2.47. The number of methoxy groups -OCH3 is 1. The predicted octanol–water partition coefficient (Wildman–Crippen LogP) is 4.61. The largest absolute Gasteiger partial charge is 0.496 e. The summed E-state index contributed by atoms with van der Waals surface area (Å²) in [4.78, 5) is 11.2. The summed E-state index contributed by atoms with van der Waals surface area (Å²) in [6.45, 7) is 4.28. The number of aryl methyl sites for hydroxylation is 2. The molecule has 0 amide bonds. The van der Waals surface area contributed by atoms with E-state index in [4.69, 9.17) is 4.74 Å². The monoisotopic (exact) mass is 316 g/mol. The van der Waals surface area contributed by atoms with Crippen molar-refractivity contribution in [1.82, 2.24) is 9.97 Å². The third kappa shape index (κ3) is 2.76. The first kappa shape index (κ1) is 14.4. The van der Waals surface area contributed by atoms with E-state index in [9.17, 15) is 0 Å². The van der Waals surface area contributed by atoms with E-state index in [2.05, 4.69) is 29.9 Å². The maximum atomic E-state index is 5.41. The number of thioether (sulfide) groups is 1. The van der Waals surface area contributed by atoms with Gasteiger partial charge in [-0.15, -0.1) is 23.1 Å². The number of hydrogen-bond donors (Lipinski definition) is 0. The third-order valence-electron chi connectivity index (χ3n) is 3.49. The van der Waals surface area contributed by atoms with Gasteiger partial charge in [0.1, 0.15) is 21.9 Å². The van der Waals surface area contributed by atoms with Crippen LogP contribution in [-0.2, 0) is 5.75 Å². The van der Waals surface area contributed by atoms with Gasteiger partial charge in [-0.1, -0.05) is 18.2 Å². The van der Waals surface area contributed by atoms with Crippen molar-refractivity contribution < 1.29 is 4.74 Å². The van der Waals surface area contributed by atoms with Crippen molar-refractivity contribution >= 4 is 33.3 Å². The molecule has 0 aliphatic heterocycles. The van der Waals surface area contributed by atoms with Crippen LogP contribution in [0.25, 0.3) is 10.2 Å². The summed E-state index contributed by atoms with van der Waals surface area (Å²) in [5, 5.41) is 2.24. The van der Waals surface area contributed by atoms with Gasteiger partial charge in [0.2, 0.25) is 0 Å². The van der Waals surface area contributed by atoms with Gasteiger partial charge in [-0.2, -0.15) is 0 Å². The van der Waals surface area contributed by atoms with Crippen molar-refractivity contribution in [3.05, 3.63) is 46.6 Å². The zero-order valence-electron chi connectivity index (χ0n) is 12.2. The van der Waals surface area contributed by atoms with Crippen LogP contribution in [-0.4, -0.2) is 17.1 Å². The van der Waals surface area contributed by atoms with Crippen molar-refractivity contribution in [2.24, 2.45) is 0 Å². The highest BCUT2D eigenvalue weighted by Gasteiger charge is 2.13. The summed E-state index contributed by atoms with van der Waals surface area (Å²) >= 11 is 3.47. The summed E-state index contributed by atoms with van der Waals surface area (Å²) in [7, 11) is 1.71. The second kappa shape index (κ2) is 6.03. The molecule has 0 N–H and O–H groups in total. The summed E-state index contributed by atoms with van der Waals surface area (Å²) in [6, 6.07) is 8.11. The molecule has 0 aliphatic rings. The third-order valence-corrected chi connectivity index (χ3v) is 5.64. The lowest BCUT2D eigenvalue weighted by Gasteiger charge is -2.08. The van der Waals surface area contributed by atoms with Gasteiger partial charge < -0.3 is 4.74 Å². The Morgan fingerprint density at radius 3 is 2.81 bits per heavy atom. The zero-order valence-corrected chi connectivity index (χ0v) is 13.8. The maximum absolute atomic E-state index is 5.41. The maximum Gasteiger partial charge on any atom is 0.128 e. The Labute approximate surface area is 132 Å². The van der Waals surface area contributed by atoms with E-state index in [0.717, 1.165) is 21.4 Å². The molecule has 1 aromatic carbocycles. The SMILES string of the molecule is COc1ccccc1CSc1ncnc2sc(C)c(C)c12. The number of benzene rings is 1. The van der Waals surface area contributed by atoms with Gasteiger partial charge in [-0.25, -0.2) is 9.97 Å². The van der Waals surface area contributed by atoms with E-state index in [-0.39, 0.29) is 0 Å². The van der Waals surface area contributed by atoms with Crippen molar-refractivity contribution in [3.8, 4) is 5.75 Å². The van der Waals surface area contributed by atoms with E-state index < -0.39 is 0 Å². The van der Waals surface area contributed by atoms with Crippen LogP contribution < -0.4 is 4.74 Å². The summed E-state index contributed by atoms with van der Waals surface area (Å²) in [6.07, 6.45) is 1.66. The van der Waals surface area contributed by atoms with E-state index in [1.54, 1.807) is 36.5 Å². The van der Waals surface area contributed by atoms with Crippen molar-refractivity contribution in [2.45, 2.75) is 24.6 Å².